The second-order valence-electron chi connectivity index (χ2n) is 6.45. The van der Waals surface area contributed by atoms with Gasteiger partial charge >= 0.3 is 6.18 Å². The topological polar surface area (TPSA) is 32.3 Å². The Morgan fingerprint density at radius 3 is 2.61 bits per heavy atom. The maximum Gasteiger partial charge on any atom is 0.416 e. The van der Waals surface area contributed by atoms with Crippen LogP contribution in [-0.2, 0) is 11.0 Å². The van der Waals surface area contributed by atoms with Crippen LogP contribution in [0.2, 0.25) is 0 Å². The Morgan fingerprint density at radius 2 is 2.00 bits per heavy atom. The lowest BCUT2D eigenvalue weighted by Crippen LogP contribution is -2.41. The van der Waals surface area contributed by atoms with E-state index in [4.69, 9.17) is 0 Å². The fourth-order valence-corrected chi connectivity index (χ4v) is 3.54. The molecule has 3 rings (SSSR count). The van der Waals surface area contributed by atoms with Crippen LogP contribution in [-0.4, -0.2) is 37.0 Å². The molecule has 0 aromatic heterocycles. The molecule has 1 aliphatic heterocycles. The number of nitrogens with one attached hydrogen (secondary N) is 1. The van der Waals surface area contributed by atoms with Gasteiger partial charge in [-0.2, -0.15) is 13.2 Å². The largest absolute Gasteiger partial charge is 0.416 e. The van der Waals surface area contributed by atoms with E-state index >= 15 is 0 Å². The number of alkyl halides is 3. The molecule has 2 fully saturated rings. The maximum absolute atomic E-state index is 12.6. The molecule has 1 N–H and O–H groups in total. The SMILES string of the molecule is CNC[C@@H]1CCCN1C(=O)[C@@H]1C[C@@H]1c1ccc(C(F)(F)F)cc1. The lowest BCUT2D eigenvalue weighted by molar-refractivity contribution is -0.137. The highest BCUT2D eigenvalue weighted by molar-refractivity contribution is 5.83. The molecule has 0 radical (unpaired) electrons. The first kappa shape index (κ1) is 16.3. The van der Waals surface area contributed by atoms with Crippen molar-refractivity contribution in [2.24, 2.45) is 5.92 Å². The minimum Gasteiger partial charge on any atom is -0.338 e. The minimum absolute atomic E-state index is 0.0656. The predicted octanol–water partition coefficient (Wildman–Crippen LogP) is 3.02. The van der Waals surface area contributed by atoms with E-state index in [1.807, 2.05) is 11.9 Å². The van der Waals surface area contributed by atoms with Crippen molar-refractivity contribution < 1.29 is 18.0 Å². The monoisotopic (exact) mass is 326 g/mol. The molecule has 1 aromatic rings. The molecule has 0 spiro atoms. The molecule has 1 saturated carbocycles. The van der Waals surface area contributed by atoms with E-state index in [-0.39, 0.29) is 23.8 Å². The average Bonchev–Trinajstić information content (AvgIpc) is 3.18. The molecule has 126 valence electrons. The fraction of sp³-hybridized carbons (Fsp3) is 0.588. The van der Waals surface area contributed by atoms with Crippen molar-refractivity contribution in [2.75, 3.05) is 20.1 Å². The van der Waals surface area contributed by atoms with Crippen molar-refractivity contribution in [3.05, 3.63) is 35.4 Å². The Kier molecular flexibility index (Phi) is 4.36. The third kappa shape index (κ3) is 3.37. The summed E-state index contributed by atoms with van der Waals surface area (Å²) in [4.78, 5) is 14.6. The van der Waals surface area contributed by atoms with Gasteiger partial charge in [0.05, 0.1) is 5.56 Å². The third-order valence-electron chi connectivity index (χ3n) is 4.87. The summed E-state index contributed by atoms with van der Waals surface area (Å²) in [6.45, 7) is 1.59. The number of nitrogens with zero attached hydrogens (tertiary/aromatic N) is 1. The summed E-state index contributed by atoms with van der Waals surface area (Å²) in [6.07, 6.45) is -1.53. The summed E-state index contributed by atoms with van der Waals surface area (Å²) in [7, 11) is 1.88. The highest BCUT2D eigenvalue weighted by atomic mass is 19.4. The molecule has 6 heteroatoms. The van der Waals surface area contributed by atoms with Gasteiger partial charge < -0.3 is 10.2 Å². The quantitative estimate of drug-likeness (QED) is 0.922. The van der Waals surface area contributed by atoms with Crippen molar-refractivity contribution in [1.82, 2.24) is 10.2 Å². The van der Waals surface area contributed by atoms with E-state index in [1.165, 1.54) is 12.1 Å². The van der Waals surface area contributed by atoms with E-state index in [1.54, 1.807) is 0 Å². The van der Waals surface area contributed by atoms with Crippen LogP contribution in [0.25, 0.3) is 0 Å². The lowest BCUT2D eigenvalue weighted by atomic mass is 10.1. The Morgan fingerprint density at radius 1 is 1.30 bits per heavy atom. The average molecular weight is 326 g/mol. The van der Waals surface area contributed by atoms with Gasteiger partial charge in [-0.05, 0) is 49.9 Å². The van der Waals surface area contributed by atoms with Crippen LogP contribution in [0.1, 0.15) is 36.3 Å². The third-order valence-corrected chi connectivity index (χ3v) is 4.87. The van der Waals surface area contributed by atoms with Gasteiger partial charge in [0.1, 0.15) is 0 Å². The molecule has 2 aliphatic rings. The normalized spacial score (nSPS) is 27.3. The lowest BCUT2D eigenvalue weighted by Gasteiger charge is -2.24. The zero-order chi connectivity index (χ0) is 16.6. The van der Waals surface area contributed by atoms with E-state index in [0.717, 1.165) is 50.0 Å². The first-order valence-electron chi connectivity index (χ1n) is 8.04. The number of benzene rings is 1. The fourth-order valence-electron chi connectivity index (χ4n) is 3.54. The molecule has 1 aromatic carbocycles. The van der Waals surface area contributed by atoms with Crippen LogP contribution < -0.4 is 5.32 Å². The van der Waals surface area contributed by atoms with E-state index in [2.05, 4.69) is 5.32 Å². The molecular formula is C17H21F3N2O. The number of likely N-dealkylation sites (N-methyl/N-ethyl adjacent to an activating group) is 1. The molecule has 0 unspecified atom stereocenters. The highest BCUT2D eigenvalue weighted by Crippen LogP contribution is 2.49. The summed E-state index contributed by atoms with van der Waals surface area (Å²) >= 11 is 0. The number of amides is 1. The summed E-state index contributed by atoms with van der Waals surface area (Å²) in [6, 6.07) is 5.48. The minimum atomic E-state index is -4.31. The Balaban J connectivity index is 1.64. The zero-order valence-electron chi connectivity index (χ0n) is 13.1. The van der Waals surface area contributed by atoms with Crippen LogP contribution in [0.4, 0.5) is 13.2 Å². The summed E-state index contributed by atoms with van der Waals surface area (Å²) in [5, 5.41) is 3.12. The molecule has 1 amide bonds. The maximum atomic E-state index is 12.6. The summed E-state index contributed by atoms with van der Waals surface area (Å²) in [5.41, 5.74) is 0.194. The number of hydrogen-bond donors (Lipinski definition) is 1. The van der Waals surface area contributed by atoms with Gasteiger partial charge in [-0.1, -0.05) is 12.1 Å². The smallest absolute Gasteiger partial charge is 0.338 e. The first-order chi connectivity index (χ1) is 10.9. The van der Waals surface area contributed by atoms with Crippen LogP contribution in [0.5, 0.6) is 0 Å². The Hall–Kier alpha value is -1.56. The van der Waals surface area contributed by atoms with Gasteiger partial charge in [0.2, 0.25) is 5.91 Å². The molecule has 1 heterocycles. The van der Waals surface area contributed by atoms with Gasteiger partial charge in [0.15, 0.2) is 0 Å². The van der Waals surface area contributed by atoms with E-state index in [9.17, 15) is 18.0 Å². The zero-order valence-corrected chi connectivity index (χ0v) is 13.1. The highest BCUT2D eigenvalue weighted by Gasteiger charge is 2.47. The van der Waals surface area contributed by atoms with Crippen molar-refractivity contribution in [3.8, 4) is 0 Å². The van der Waals surface area contributed by atoms with Crippen LogP contribution in [0.15, 0.2) is 24.3 Å². The number of carbonyl (C=O) groups is 1. The van der Waals surface area contributed by atoms with Crippen LogP contribution in [0, 0.1) is 5.92 Å². The van der Waals surface area contributed by atoms with Crippen molar-refractivity contribution in [3.63, 3.8) is 0 Å². The van der Waals surface area contributed by atoms with Gasteiger partial charge in [-0.3, -0.25) is 4.79 Å². The number of likely N-dealkylation sites (tertiary alicyclic amines) is 1. The van der Waals surface area contributed by atoms with E-state index in [0.29, 0.717) is 0 Å². The van der Waals surface area contributed by atoms with Crippen molar-refractivity contribution in [1.29, 1.82) is 0 Å². The molecule has 1 saturated heterocycles. The second kappa shape index (κ2) is 6.15. The van der Waals surface area contributed by atoms with Gasteiger partial charge in [-0.25, -0.2) is 0 Å². The van der Waals surface area contributed by atoms with Crippen LogP contribution >= 0.6 is 0 Å². The Labute approximate surface area is 133 Å². The molecule has 1 aliphatic carbocycles. The van der Waals surface area contributed by atoms with Crippen LogP contribution in [0.3, 0.4) is 0 Å². The van der Waals surface area contributed by atoms with Gasteiger partial charge in [0, 0.05) is 25.0 Å². The van der Waals surface area contributed by atoms with Gasteiger partial charge in [0.25, 0.3) is 0 Å². The summed E-state index contributed by atoms with van der Waals surface area (Å²) in [5.74, 6) is 0.164. The number of halogens is 3. The molecular weight excluding hydrogens is 305 g/mol. The predicted molar refractivity (Wildman–Crippen MR) is 81.0 cm³/mol. The first-order valence-corrected chi connectivity index (χ1v) is 8.04. The van der Waals surface area contributed by atoms with E-state index < -0.39 is 11.7 Å². The molecule has 3 atom stereocenters. The number of hydrogen-bond acceptors (Lipinski definition) is 2. The number of carbonyl (C=O) groups excluding carboxylic acids is 1. The van der Waals surface area contributed by atoms with Crippen molar-refractivity contribution >= 4 is 5.91 Å². The second-order valence-corrected chi connectivity index (χ2v) is 6.45. The molecule has 23 heavy (non-hydrogen) atoms. The number of rotatable bonds is 4. The standard InChI is InChI=1S/C17H21F3N2O/c1-21-10-13-3-2-8-22(13)16(23)15-9-14(15)11-4-6-12(7-5-11)17(18,19)20/h4-7,13-15,21H,2-3,8-10H2,1H3/t13-,14+,15+/m0/s1. The molecule has 0 bridgehead atoms. The van der Waals surface area contributed by atoms with Gasteiger partial charge in [-0.15, -0.1) is 0 Å². The Bertz CT molecular complexity index is 570. The van der Waals surface area contributed by atoms with Crippen molar-refractivity contribution in [2.45, 2.75) is 37.4 Å². The molecule has 3 nitrogen and oxygen atoms in total. The summed E-state index contributed by atoms with van der Waals surface area (Å²) < 4.78 is 37.8.